The standard InChI is InChI=1S/C15H23NO/c1-10-7-11(2)15(12(3)8-10)9-14(17)6-5-13(4)16/h7-8,13H,5-6,9,16H2,1-4H3. The van der Waals surface area contributed by atoms with Crippen LogP contribution >= 0.6 is 0 Å². The SMILES string of the molecule is Cc1cc(C)c(CC(=O)CCC(C)N)c(C)c1. The molecule has 0 bridgehead atoms. The van der Waals surface area contributed by atoms with Crippen LogP contribution in [0.2, 0.25) is 0 Å². The van der Waals surface area contributed by atoms with Crippen LogP contribution in [0.25, 0.3) is 0 Å². The zero-order chi connectivity index (χ0) is 13.0. The summed E-state index contributed by atoms with van der Waals surface area (Å²) in [6, 6.07) is 4.39. The fraction of sp³-hybridized carbons (Fsp3) is 0.533. The van der Waals surface area contributed by atoms with Gasteiger partial charge in [0.2, 0.25) is 0 Å². The van der Waals surface area contributed by atoms with Gasteiger partial charge in [0.25, 0.3) is 0 Å². The molecule has 1 aromatic carbocycles. The second-order valence-corrected chi connectivity index (χ2v) is 5.11. The zero-order valence-corrected chi connectivity index (χ0v) is 11.3. The van der Waals surface area contributed by atoms with Crippen molar-refractivity contribution < 1.29 is 4.79 Å². The lowest BCUT2D eigenvalue weighted by atomic mass is 9.94. The van der Waals surface area contributed by atoms with Gasteiger partial charge in [0.15, 0.2) is 0 Å². The highest BCUT2D eigenvalue weighted by atomic mass is 16.1. The van der Waals surface area contributed by atoms with Crippen LogP contribution in [0.4, 0.5) is 0 Å². The van der Waals surface area contributed by atoms with Crippen LogP contribution in [-0.4, -0.2) is 11.8 Å². The summed E-state index contributed by atoms with van der Waals surface area (Å²) in [4.78, 5) is 11.9. The molecule has 0 saturated carbocycles. The Kier molecular flexibility index (Phi) is 4.88. The molecule has 0 aliphatic heterocycles. The fourth-order valence-electron chi connectivity index (χ4n) is 2.16. The van der Waals surface area contributed by atoms with E-state index >= 15 is 0 Å². The topological polar surface area (TPSA) is 43.1 Å². The van der Waals surface area contributed by atoms with Crippen molar-refractivity contribution in [2.24, 2.45) is 5.73 Å². The molecule has 2 nitrogen and oxygen atoms in total. The molecule has 0 heterocycles. The van der Waals surface area contributed by atoms with Gasteiger partial charge in [-0.25, -0.2) is 0 Å². The third-order valence-electron chi connectivity index (χ3n) is 3.09. The molecule has 0 aromatic heterocycles. The summed E-state index contributed by atoms with van der Waals surface area (Å²) in [5, 5.41) is 0. The predicted molar refractivity (Wildman–Crippen MR) is 72.2 cm³/mol. The molecular weight excluding hydrogens is 210 g/mol. The Hall–Kier alpha value is -1.15. The number of carbonyl (C=O) groups excluding carboxylic acids is 1. The van der Waals surface area contributed by atoms with E-state index in [1.54, 1.807) is 0 Å². The van der Waals surface area contributed by atoms with Crippen molar-refractivity contribution >= 4 is 5.78 Å². The number of hydrogen-bond acceptors (Lipinski definition) is 2. The normalized spacial score (nSPS) is 12.5. The Morgan fingerprint density at radius 1 is 1.24 bits per heavy atom. The average Bonchev–Trinajstić information content (AvgIpc) is 2.20. The highest BCUT2D eigenvalue weighted by molar-refractivity contribution is 5.81. The maximum Gasteiger partial charge on any atom is 0.137 e. The summed E-state index contributed by atoms with van der Waals surface area (Å²) in [5.74, 6) is 0.289. The molecule has 1 aromatic rings. The number of carbonyl (C=O) groups is 1. The van der Waals surface area contributed by atoms with E-state index < -0.39 is 0 Å². The molecule has 0 radical (unpaired) electrons. The fourth-order valence-corrected chi connectivity index (χ4v) is 2.16. The summed E-state index contributed by atoms with van der Waals surface area (Å²) in [7, 11) is 0. The van der Waals surface area contributed by atoms with Gasteiger partial charge in [0.1, 0.15) is 5.78 Å². The molecule has 2 heteroatoms. The lowest BCUT2D eigenvalue weighted by Gasteiger charge is -2.11. The first kappa shape index (κ1) is 13.9. The van der Waals surface area contributed by atoms with Crippen molar-refractivity contribution in [1.82, 2.24) is 0 Å². The minimum Gasteiger partial charge on any atom is -0.328 e. The van der Waals surface area contributed by atoms with Gasteiger partial charge in [0.05, 0.1) is 0 Å². The van der Waals surface area contributed by atoms with Crippen molar-refractivity contribution in [3.05, 3.63) is 34.4 Å². The average molecular weight is 233 g/mol. The van der Waals surface area contributed by atoms with Gasteiger partial charge in [-0.15, -0.1) is 0 Å². The van der Waals surface area contributed by atoms with E-state index in [0.717, 1.165) is 6.42 Å². The Morgan fingerprint density at radius 3 is 2.24 bits per heavy atom. The van der Waals surface area contributed by atoms with Gasteiger partial charge < -0.3 is 5.73 Å². The van der Waals surface area contributed by atoms with Crippen molar-refractivity contribution in [3.8, 4) is 0 Å². The third-order valence-corrected chi connectivity index (χ3v) is 3.09. The van der Waals surface area contributed by atoms with Gasteiger partial charge in [-0.3, -0.25) is 4.79 Å². The zero-order valence-electron chi connectivity index (χ0n) is 11.3. The van der Waals surface area contributed by atoms with Gasteiger partial charge in [-0.05, 0) is 50.8 Å². The van der Waals surface area contributed by atoms with E-state index in [1.807, 2.05) is 6.92 Å². The molecule has 0 amide bonds. The van der Waals surface area contributed by atoms with E-state index in [-0.39, 0.29) is 11.8 Å². The third kappa shape index (κ3) is 4.31. The minimum atomic E-state index is 0.110. The molecule has 1 unspecified atom stereocenters. The molecule has 0 saturated heterocycles. The highest BCUT2D eigenvalue weighted by Gasteiger charge is 2.10. The molecule has 94 valence electrons. The quantitative estimate of drug-likeness (QED) is 0.849. The van der Waals surface area contributed by atoms with Crippen LogP contribution < -0.4 is 5.73 Å². The van der Waals surface area contributed by atoms with Crippen LogP contribution in [0.1, 0.15) is 42.0 Å². The second-order valence-electron chi connectivity index (χ2n) is 5.11. The summed E-state index contributed by atoms with van der Waals surface area (Å²) >= 11 is 0. The van der Waals surface area contributed by atoms with Crippen LogP contribution in [0, 0.1) is 20.8 Å². The number of ketones is 1. The van der Waals surface area contributed by atoms with Crippen molar-refractivity contribution in [2.75, 3.05) is 0 Å². The molecule has 1 rings (SSSR count). The summed E-state index contributed by atoms with van der Waals surface area (Å²) in [6.07, 6.45) is 1.91. The van der Waals surface area contributed by atoms with Crippen molar-refractivity contribution in [2.45, 2.75) is 53.0 Å². The molecule has 1 atom stereocenters. The minimum absolute atomic E-state index is 0.110. The maximum atomic E-state index is 11.9. The number of hydrogen-bond donors (Lipinski definition) is 1. The Morgan fingerprint density at radius 2 is 1.76 bits per heavy atom. The molecular formula is C15H23NO. The molecule has 2 N–H and O–H groups in total. The van der Waals surface area contributed by atoms with Crippen LogP contribution in [0.5, 0.6) is 0 Å². The predicted octanol–water partition coefficient (Wildman–Crippen LogP) is 2.85. The lowest BCUT2D eigenvalue weighted by molar-refractivity contribution is -0.118. The van der Waals surface area contributed by atoms with E-state index in [9.17, 15) is 4.79 Å². The Labute approximate surface area is 104 Å². The largest absolute Gasteiger partial charge is 0.328 e. The smallest absolute Gasteiger partial charge is 0.137 e. The number of nitrogens with two attached hydrogens (primary N) is 1. The maximum absolute atomic E-state index is 11.9. The Balaban J connectivity index is 2.72. The summed E-state index contributed by atoms with van der Waals surface area (Å²) in [5.41, 5.74) is 10.5. The number of Topliss-reactive ketones (excluding diaryl/α,β-unsaturated/α-hetero) is 1. The molecule has 0 fully saturated rings. The number of aryl methyl sites for hydroxylation is 3. The molecule has 17 heavy (non-hydrogen) atoms. The number of rotatable bonds is 5. The van der Waals surface area contributed by atoms with Gasteiger partial charge >= 0.3 is 0 Å². The van der Waals surface area contributed by atoms with Crippen LogP contribution in [0.3, 0.4) is 0 Å². The Bertz CT molecular complexity index is 384. The lowest BCUT2D eigenvalue weighted by Crippen LogP contribution is -2.17. The van der Waals surface area contributed by atoms with E-state index in [1.165, 1.54) is 22.3 Å². The molecule has 0 aliphatic rings. The monoisotopic (exact) mass is 233 g/mol. The first-order valence-corrected chi connectivity index (χ1v) is 6.24. The first-order valence-electron chi connectivity index (χ1n) is 6.24. The second kappa shape index (κ2) is 5.97. The van der Waals surface area contributed by atoms with Crippen molar-refractivity contribution in [1.29, 1.82) is 0 Å². The van der Waals surface area contributed by atoms with Crippen LogP contribution in [-0.2, 0) is 11.2 Å². The summed E-state index contributed by atoms with van der Waals surface area (Å²) < 4.78 is 0. The molecule has 0 spiro atoms. The van der Waals surface area contributed by atoms with Gasteiger partial charge in [-0.2, -0.15) is 0 Å². The van der Waals surface area contributed by atoms with Gasteiger partial charge in [-0.1, -0.05) is 17.7 Å². The van der Waals surface area contributed by atoms with E-state index in [2.05, 4.69) is 32.9 Å². The summed E-state index contributed by atoms with van der Waals surface area (Å²) in [6.45, 7) is 8.18. The van der Waals surface area contributed by atoms with Crippen LogP contribution in [0.15, 0.2) is 12.1 Å². The van der Waals surface area contributed by atoms with Gasteiger partial charge in [0, 0.05) is 18.9 Å². The highest BCUT2D eigenvalue weighted by Crippen LogP contribution is 2.18. The first-order chi connectivity index (χ1) is 7.90. The number of benzene rings is 1. The van der Waals surface area contributed by atoms with Crippen molar-refractivity contribution in [3.63, 3.8) is 0 Å². The van der Waals surface area contributed by atoms with E-state index in [4.69, 9.17) is 5.73 Å². The van der Waals surface area contributed by atoms with E-state index in [0.29, 0.717) is 12.8 Å². The molecule has 0 aliphatic carbocycles.